The molecule has 0 aliphatic heterocycles. The smallest absolute Gasteiger partial charge is 0.0663 e. The molecule has 0 aromatic heterocycles. The molecule has 0 N–H and O–H groups in total. The van der Waals surface area contributed by atoms with E-state index in [1.807, 2.05) is 0 Å². The molecule has 94 valence electrons. The van der Waals surface area contributed by atoms with Crippen molar-refractivity contribution >= 4 is 11.4 Å². The third-order valence-corrected chi connectivity index (χ3v) is 3.70. The van der Waals surface area contributed by atoms with Gasteiger partial charge in [0, 0.05) is 5.71 Å². The van der Waals surface area contributed by atoms with Crippen molar-refractivity contribution in [1.82, 2.24) is 0 Å². The zero-order valence-electron chi connectivity index (χ0n) is 11.8. The quantitative estimate of drug-likeness (QED) is 0.607. The van der Waals surface area contributed by atoms with E-state index in [0.29, 0.717) is 11.8 Å². The minimum atomic E-state index is 0.569. The van der Waals surface area contributed by atoms with Gasteiger partial charge in [-0.2, -0.15) is 0 Å². The van der Waals surface area contributed by atoms with E-state index in [9.17, 15) is 0 Å². The van der Waals surface area contributed by atoms with Gasteiger partial charge in [-0.3, -0.25) is 4.99 Å². The maximum atomic E-state index is 4.82. The summed E-state index contributed by atoms with van der Waals surface area (Å²) in [5.41, 5.74) is 3.76. The van der Waals surface area contributed by atoms with E-state index in [-0.39, 0.29) is 0 Å². The molecule has 0 amide bonds. The Kier molecular flexibility index (Phi) is 5.40. The molecular formula is C16H25N. The second-order valence-corrected chi connectivity index (χ2v) is 4.93. The Morgan fingerprint density at radius 1 is 1.12 bits per heavy atom. The molecule has 0 aliphatic rings. The number of hydrogen-bond acceptors (Lipinski definition) is 1. The molecule has 17 heavy (non-hydrogen) atoms. The van der Waals surface area contributed by atoms with Crippen LogP contribution in [-0.4, -0.2) is 5.71 Å². The van der Waals surface area contributed by atoms with Gasteiger partial charge in [-0.25, -0.2) is 0 Å². The second-order valence-electron chi connectivity index (χ2n) is 4.93. The second kappa shape index (κ2) is 6.58. The fraction of sp³-hybridized carbons (Fsp3) is 0.562. The molecule has 1 rings (SSSR count). The van der Waals surface area contributed by atoms with E-state index in [1.54, 1.807) is 0 Å². The Balaban J connectivity index is 3.05. The summed E-state index contributed by atoms with van der Waals surface area (Å²) >= 11 is 0. The van der Waals surface area contributed by atoms with Crippen molar-refractivity contribution in [1.29, 1.82) is 0 Å². The highest BCUT2D eigenvalue weighted by molar-refractivity contribution is 5.86. The molecule has 0 saturated carbocycles. The molecule has 0 fully saturated rings. The average molecular weight is 231 g/mol. The van der Waals surface area contributed by atoms with Crippen molar-refractivity contribution < 1.29 is 0 Å². The van der Waals surface area contributed by atoms with E-state index in [2.05, 4.69) is 58.9 Å². The standard InChI is InChI=1S/C16H25N/c1-6-12(3)14(5)17-16-11-9-8-10-15(16)13(4)7-2/h8-13H,6-7H2,1-5H3/b17-14+/t12-,13-/m1/s1. The molecule has 1 aromatic rings. The molecule has 2 atom stereocenters. The van der Waals surface area contributed by atoms with Crippen molar-refractivity contribution in [3.63, 3.8) is 0 Å². The molecule has 1 aromatic carbocycles. The summed E-state index contributed by atoms with van der Waals surface area (Å²) in [6.07, 6.45) is 2.32. The van der Waals surface area contributed by atoms with Crippen LogP contribution in [0.15, 0.2) is 29.3 Å². The lowest BCUT2D eigenvalue weighted by atomic mass is 9.96. The zero-order chi connectivity index (χ0) is 12.8. The number of para-hydroxylation sites is 1. The third-order valence-electron chi connectivity index (χ3n) is 3.70. The van der Waals surface area contributed by atoms with E-state index >= 15 is 0 Å². The normalized spacial score (nSPS) is 15.7. The summed E-state index contributed by atoms with van der Waals surface area (Å²) < 4.78 is 0. The van der Waals surface area contributed by atoms with Crippen molar-refractivity contribution in [3.8, 4) is 0 Å². The zero-order valence-corrected chi connectivity index (χ0v) is 11.8. The summed E-state index contributed by atoms with van der Waals surface area (Å²) in [5.74, 6) is 1.15. The van der Waals surface area contributed by atoms with Crippen molar-refractivity contribution in [2.24, 2.45) is 10.9 Å². The molecule has 0 bridgehead atoms. The largest absolute Gasteiger partial charge is 0.258 e. The van der Waals surface area contributed by atoms with Gasteiger partial charge in [0.15, 0.2) is 0 Å². The van der Waals surface area contributed by atoms with Crippen LogP contribution in [0.5, 0.6) is 0 Å². The number of benzene rings is 1. The van der Waals surface area contributed by atoms with Gasteiger partial charge >= 0.3 is 0 Å². The first kappa shape index (κ1) is 14.0. The van der Waals surface area contributed by atoms with Crippen LogP contribution in [0.2, 0.25) is 0 Å². The highest BCUT2D eigenvalue weighted by Gasteiger charge is 2.09. The van der Waals surface area contributed by atoms with Crippen LogP contribution >= 0.6 is 0 Å². The molecule has 0 radical (unpaired) electrons. The summed E-state index contributed by atoms with van der Waals surface area (Å²) in [4.78, 5) is 4.82. The first-order valence-electron chi connectivity index (χ1n) is 6.74. The maximum Gasteiger partial charge on any atom is 0.0663 e. The summed E-state index contributed by atoms with van der Waals surface area (Å²) in [5, 5.41) is 0. The molecule has 0 spiro atoms. The molecular weight excluding hydrogens is 206 g/mol. The minimum Gasteiger partial charge on any atom is -0.258 e. The van der Waals surface area contributed by atoms with Crippen molar-refractivity contribution in [2.45, 2.75) is 53.4 Å². The molecule has 1 heteroatoms. The first-order valence-corrected chi connectivity index (χ1v) is 6.74. The molecule has 0 saturated heterocycles. The van der Waals surface area contributed by atoms with Crippen LogP contribution < -0.4 is 0 Å². The third kappa shape index (κ3) is 3.69. The van der Waals surface area contributed by atoms with Gasteiger partial charge in [0.2, 0.25) is 0 Å². The van der Waals surface area contributed by atoms with Crippen LogP contribution in [0.3, 0.4) is 0 Å². The maximum absolute atomic E-state index is 4.82. The van der Waals surface area contributed by atoms with Gasteiger partial charge in [0.25, 0.3) is 0 Å². The number of nitrogens with zero attached hydrogens (tertiary/aromatic N) is 1. The number of hydrogen-bond donors (Lipinski definition) is 0. The molecule has 0 unspecified atom stereocenters. The SMILES string of the molecule is CC[C@@H](C)/C(C)=N/c1ccccc1[C@H](C)CC. The average Bonchev–Trinajstić information content (AvgIpc) is 2.37. The van der Waals surface area contributed by atoms with Crippen molar-refractivity contribution in [2.75, 3.05) is 0 Å². The molecule has 0 heterocycles. The van der Waals surface area contributed by atoms with Crippen LogP contribution in [-0.2, 0) is 0 Å². The fourth-order valence-electron chi connectivity index (χ4n) is 1.82. The first-order chi connectivity index (χ1) is 8.10. The van der Waals surface area contributed by atoms with Crippen LogP contribution in [0, 0.1) is 5.92 Å². The fourth-order valence-corrected chi connectivity index (χ4v) is 1.82. The highest BCUT2D eigenvalue weighted by Crippen LogP contribution is 2.29. The van der Waals surface area contributed by atoms with Gasteiger partial charge in [-0.1, -0.05) is 45.9 Å². The Bertz CT molecular complexity index is 379. The lowest BCUT2D eigenvalue weighted by Gasteiger charge is -2.14. The lowest BCUT2D eigenvalue weighted by Crippen LogP contribution is -2.05. The lowest BCUT2D eigenvalue weighted by molar-refractivity contribution is 0.727. The van der Waals surface area contributed by atoms with Gasteiger partial charge < -0.3 is 0 Å². The van der Waals surface area contributed by atoms with Gasteiger partial charge in [-0.15, -0.1) is 0 Å². The summed E-state index contributed by atoms with van der Waals surface area (Å²) in [7, 11) is 0. The van der Waals surface area contributed by atoms with Crippen LogP contribution in [0.25, 0.3) is 0 Å². The number of rotatable bonds is 5. The molecule has 1 nitrogen and oxygen atoms in total. The summed E-state index contributed by atoms with van der Waals surface area (Å²) in [6, 6.07) is 8.53. The Morgan fingerprint density at radius 2 is 1.76 bits per heavy atom. The Hall–Kier alpha value is -1.11. The molecule has 0 aliphatic carbocycles. The Morgan fingerprint density at radius 3 is 2.35 bits per heavy atom. The summed E-state index contributed by atoms with van der Waals surface area (Å²) in [6.45, 7) is 11.1. The van der Waals surface area contributed by atoms with Gasteiger partial charge in [0.1, 0.15) is 0 Å². The van der Waals surface area contributed by atoms with E-state index in [4.69, 9.17) is 4.99 Å². The van der Waals surface area contributed by atoms with E-state index < -0.39 is 0 Å². The predicted octanol–water partition coefficient (Wildman–Crippen LogP) is 5.34. The monoisotopic (exact) mass is 231 g/mol. The minimum absolute atomic E-state index is 0.569. The van der Waals surface area contributed by atoms with Crippen molar-refractivity contribution in [3.05, 3.63) is 29.8 Å². The van der Waals surface area contributed by atoms with Gasteiger partial charge in [-0.05, 0) is 43.2 Å². The predicted molar refractivity (Wildman–Crippen MR) is 77.4 cm³/mol. The Labute approximate surface area is 106 Å². The topological polar surface area (TPSA) is 12.4 Å². The van der Waals surface area contributed by atoms with E-state index in [1.165, 1.54) is 11.3 Å². The number of aliphatic imine (C=N–C) groups is 1. The highest BCUT2D eigenvalue weighted by atomic mass is 14.8. The van der Waals surface area contributed by atoms with Crippen LogP contribution in [0.1, 0.15) is 58.9 Å². The van der Waals surface area contributed by atoms with E-state index in [0.717, 1.165) is 18.5 Å². The van der Waals surface area contributed by atoms with Crippen LogP contribution in [0.4, 0.5) is 5.69 Å². The van der Waals surface area contributed by atoms with Gasteiger partial charge in [0.05, 0.1) is 5.69 Å².